The van der Waals surface area contributed by atoms with Crippen molar-refractivity contribution >= 4 is 26.7 Å². The van der Waals surface area contributed by atoms with Crippen molar-refractivity contribution in [2.45, 2.75) is 30.7 Å². The highest BCUT2D eigenvalue weighted by molar-refractivity contribution is 7.89. The number of anilines is 1. The second-order valence-electron chi connectivity index (χ2n) is 5.03. The molecule has 0 spiro atoms. The monoisotopic (exact) mass is 291 g/mol. The van der Waals surface area contributed by atoms with Gasteiger partial charge in [0.15, 0.2) is 0 Å². The van der Waals surface area contributed by atoms with Crippen molar-refractivity contribution in [3.63, 3.8) is 0 Å². The van der Waals surface area contributed by atoms with Crippen LogP contribution in [0.2, 0.25) is 0 Å². The van der Waals surface area contributed by atoms with Crippen molar-refractivity contribution in [2.24, 2.45) is 0 Å². The molecule has 0 amide bonds. The quantitative estimate of drug-likeness (QED) is 0.934. The van der Waals surface area contributed by atoms with Gasteiger partial charge in [-0.3, -0.25) is 0 Å². The van der Waals surface area contributed by atoms with Crippen molar-refractivity contribution in [3.8, 4) is 0 Å². The van der Waals surface area contributed by atoms with Crippen molar-refractivity contribution in [2.75, 3.05) is 12.3 Å². The first kappa shape index (κ1) is 13.3. The van der Waals surface area contributed by atoms with Gasteiger partial charge >= 0.3 is 0 Å². The average Bonchev–Trinajstić information content (AvgIpc) is 3.23. The molecular weight excluding hydrogens is 274 g/mol. The summed E-state index contributed by atoms with van der Waals surface area (Å²) in [6, 6.07) is 8.63. The minimum absolute atomic E-state index is 0.172. The predicted molar refractivity (Wildman–Crippen MR) is 78.7 cm³/mol. The molecule has 6 heteroatoms. The summed E-state index contributed by atoms with van der Waals surface area (Å²) >= 11 is 0. The van der Waals surface area contributed by atoms with Crippen LogP contribution in [0.1, 0.15) is 19.8 Å². The lowest BCUT2D eigenvalue weighted by atomic mass is 10.2. The van der Waals surface area contributed by atoms with Crippen molar-refractivity contribution < 1.29 is 8.42 Å². The van der Waals surface area contributed by atoms with E-state index in [0.29, 0.717) is 22.8 Å². The molecule has 1 aliphatic rings. The second kappa shape index (κ2) is 4.71. The van der Waals surface area contributed by atoms with E-state index in [1.807, 2.05) is 6.92 Å². The summed E-state index contributed by atoms with van der Waals surface area (Å²) in [5.74, 6) is 0.432. The lowest BCUT2D eigenvalue weighted by Crippen LogP contribution is -2.32. The summed E-state index contributed by atoms with van der Waals surface area (Å²) in [6.07, 6.45) is 1.91. The van der Waals surface area contributed by atoms with Crippen molar-refractivity contribution in [3.05, 3.63) is 30.3 Å². The molecule has 20 heavy (non-hydrogen) atoms. The second-order valence-corrected chi connectivity index (χ2v) is 6.92. The Bertz CT molecular complexity index is 754. The number of nitrogens with two attached hydrogens (primary N) is 1. The largest absolute Gasteiger partial charge is 0.384 e. The van der Waals surface area contributed by atoms with Gasteiger partial charge in [-0.2, -0.15) is 4.31 Å². The van der Waals surface area contributed by atoms with Gasteiger partial charge in [-0.05, 0) is 43.2 Å². The molecule has 3 rings (SSSR count). The number of hydrogen-bond acceptors (Lipinski definition) is 4. The Balaban J connectivity index is 2.07. The van der Waals surface area contributed by atoms with E-state index in [1.54, 1.807) is 34.6 Å². The fraction of sp³-hybridized carbons (Fsp3) is 0.357. The smallest absolute Gasteiger partial charge is 0.243 e. The fourth-order valence-corrected chi connectivity index (χ4v) is 4.13. The molecular formula is C14H17N3O2S. The summed E-state index contributed by atoms with van der Waals surface area (Å²) in [6.45, 7) is 2.38. The van der Waals surface area contributed by atoms with E-state index >= 15 is 0 Å². The molecule has 0 radical (unpaired) electrons. The Morgan fingerprint density at radius 2 is 2.05 bits per heavy atom. The van der Waals surface area contributed by atoms with Crippen LogP contribution in [0.5, 0.6) is 0 Å². The van der Waals surface area contributed by atoms with Gasteiger partial charge in [0.2, 0.25) is 10.0 Å². The number of rotatable bonds is 4. The van der Waals surface area contributed by atoms with Crippen LogP contribution in [0.4, 0.5) is 5.82 Å². The SMILES string of the molecule is CCN(C1CC1)S(=O)(=O)c1ccc2nc(N)ccc2c1. The number of aromatic nitrogens is 1. The first-order chi connectivity index (χ1) is 9.52. The standard InChI is InChI=1S/C14H17N3O2S/c1-2-17(11-4-5-11)20(18,19)12-6-7-13-10(9-12)3-8-14(15)16-13/h3,6-9,11H,2,4-5H2,1H3,(H2,15,16). The maximum Gasteiger partial charge on any atom is 0.243 e. The van der Waals surface area contributed by atoms with E-state index in [1.165, 1.54) is 0 Å². The zero-order valence-corrected chi connectivity index (χ0v) is 12.1. The van der Waals surface area contributed by atoms with Gasteiger partial charge in [0, 0.05) is 18.0 Å². The van der Waals surface area contributed by atoms with Crippen molar-refractivity contribution in [1.82, 2.24) is 9.29 Å². The van der Waals surface area contributed by atoms with Crippen LogP contribution in [0.15, 0.2) is 35.2 Å². The van der Waals surface area contributed by atoms with Crippen LogP contribution in [0.25, 0.3) is 10.9 Å². The van der Waals surface area contributed by atoms with Crippen LogP contribution in [0, 0.1) is 0 Å². The van der Waals surface area contributed by atoms with E-state index < -0.39 is 10.0 Å². The summed E-state index contributed by atoms with van der Waals surface area (Å²) < 4.78 is 26.9. The molecule has 1 fully saturated rings. The van der Waals surface area contributed by atoms with Gasteiger partial charge in [-0.1, -0.05) is 6.92 Å². The number of nitrogen functional groups attached to an aromatic ring is 1. The van der Waals surface area contributed by atoms with E-state index in [9.17, 15) is 8.42 Å². The van der Waals surface area contributed by atoms with Crippen LogP contribution >= 0.6 is 0 Å². The van der Waals surface area contributed by atoms with Gasteiger partial charge < -0.3 is 5.73 Å². The maximum absolute atomic E-state index is 12.6. The Hall–Kier alpha value is -1.66. The minimum atomic E-state index is -3.42. The Labute approximate surface area is 118 Å². The number of pyridine rings is 1. The summed E-state index contributed by atoms with van der Waals surface area (Å²) in [7, 11) is -3.42. The highest BCUT2D eigenvalue weighted by Gasteiger charge is 2.36. The van der Waals surface area contributed by atoms with E-state index in [2.05, 4.69) is 4.98 Å². The molecule has 0 aliphatic heterocycles. The predicted octanol–water partition coefficient (Wildman–Crippen LogP) is 1.99. The highest BCUT2D eigenvalue weighted by atomic mass is 32.2. The number of sulfonamides is 1. The van der Waals surface area contributed by atoms with Crippen LogP contribution < -0.4 is 5.73 Å². The van der Waals surface area contributed by atoms with Gasteiger partial charge in [0.05, 0.1) is 10.4 Å². The molecule has 2 aromatic rings. The highest BCUT2D eigenvalue weighted by Crippen LogP contribution is 2.32. The van der Waals surface area contributed by atoms with Gasteiger partial charge in [0.1, 0.15) is 5.82 Å². The molecule has 0 bridgehead atoms. The lowest BCUT2D eigenvalue weighted by Gasteiger charge is -2.20. The third-order valence-electron chi connectivity index (χ3n) is 3.55. The molecule has 1 saturated carbocycles. The zero-order valence-electron chi connectivity index (χ0n) is 11.3. The van der Waals surface area contributed by atoms with Crippen LogP contribution in [-0.4, -0.2) is 30.3 Å². The lowest BCUT2D eigenvalue weighted by molar-refractivity contribution is 0.421. The molecule has 1 heterocycles. The molecule has 5 nitrogen and oxygen atoms in total. The van der Waals surface area contributed by atoms with E-state index in [4.69, 9.17) is 5.73 Å². The minimum Gasteiger partial charge on any atom is -0.384 e. The number of hydrogen-bond donors (Lipinski definition) is 1. The summed E-state index contributed by atoms with van der Waals surface area (Å²) in [5.41, 5.74) is 6.33. The molecule has 1 aromatic heterocycles. The molecule has 0 atom stereocenters. The Morgan fingerprint density at radius 1 is 1.30 bits per heavy atom. The maximum atomic E-state index is 12.6. The van der Waals surface area contributed by atoms with Crippen LogP contribution in [-0.2, 0) is 10.0 Å². The van der Waals surface area contributed by atoms with Gasteiger partial charge in [-0.15, -0.1) is 0 Å². The van der Waals surface area contributed by atoms with E-state index in [-0.39, 0.29) is 6.04 Å². The number of nitrogens with zero attached hydrogens (tertiary/aromatic N) is 2. The first-order valence-electron chi connectivity index (χ1n) is 6.70. The van der Waals surface area contributed by atoms with Gasteiger partial charge in [0.25, 0.3) is 0 Å². The number of fused-ring (bicyclic) bond motifs is 1. The molecule has 0 unspecified atom stereocenters. The van der Waals surface area contributed by atoms with Crippen LogP contribution in [0.3, 0.4) is 0 Å². The molecule has 106 valence electrons. The Morgan fingerprint density at radius 3 is 2.70 bits per heavy atom. The normalized spacial score (nSPS) is 15.9. The number of benzene rings is 1. The zero-order chi connectivity index (χ0) is 14.3. The fourth-order valence-electron chi connectivity index (χ4n) is 2.40. The summed E-state index contributed by atoms with van der Waals surface area (Å²) in [4.78, 5) is 4.51. The third-order valence-corrected chi connectivity index (χ3v) is 5.58. The molecule has 1 aliphatic carbocycles. The Kier molecular flexibility index (Phi) is 3.14. The first-order valence-corrected chi connectivity index (χ1v) is 8.14. The van der Waals surface area contributed by atoms with E-state index in [0.717, 1.165) is 18.2 Å². The van der Waals surface area contributed by atoms with Crippen molar-refractivity contribution in [1.29, 1.82) is 0 Å². The average molecular weight is 291 g/mol. The molecule has 2 N–H and O–H groups in total. The van der Waals surface area contributed by atoms with Gasteiger partial charge in [-0.25, -0.2) is 13.4 Å². The third kappa shape index (κ3) is 2.25. The molecule has 0 saturated heterocycles. The molecule has 1 aromatic carbocycles. The summed E-state index contributed by atoms with van der Waals surface area (Å²) in [5, 5.41) is 0.784. The topological polar surface area (TPSA) is 76.3 Å².